The lowest BCUT2D eigenvalue weighted by Crippen LogP contribution is -1.99. The molecule has 6 heteroatoms. The number of rotatable bonds is 10. The van der Waals surface area contributed by atoms with Gasteiger partial charge in [-0.2, -0.15) is 5.26 Å². The summed E-state index contributed by atoms with van der Waals surface area (Å²) in [5.41, 5.74) is 6.10. The first-order valence-electron chi connectivity index (χ1n) is 13.7. The third-order valence-corrected chi connectivity index (χ3v) is 8.12. The molecule has 1 N–H and O–H groups in total. The average Bonchev–Trinajstić information content (AvgIpc) is 3.47. The molecule has 0 fully saturated rings. The third kappa shape index (κ3) is 5.90. The van der Waals surface area contributed by atoms with E-state index in [1.165, 1.54) is 35.8 Å². The van der Waals surface area contributed by atoms with Crippen molar-refractivity contribution >= 4 is 35.5 Å². The van der Waals surface area contributed by atoms with Crippen LogP contribution in [0.5, 0.6) is 0 Å². The van der Waals surface area contributed by atoms with Crippen LogP contribution in [-0.4, -0.2) is 20.6 Å². The van der Waals surface area contributed by atoms with Crippen molar-refractivity contribution in [2.45, 2.75) is 45.4 Å². The lowest BCUT2D eigenvalue weighted by molar-refractivity contribution is -0.132. The Balaban J connectivity index is 1.54. The highest BCUT2D eigenvalue weighted by molar-refractivity contribution is 7.16. The molecule has 200 valence electrons. The molecule has 2 aromatic carbocycles. The molecule has 5 rings (SSSR count). The first-order valence-corrected chi connectivity index (χ1v) is 14.5. The molecule has 5 nitrogen and oxygen atoms in total. The highest BCUT2D eigenvalue weighted by Crippen LogP contribution is 2.37. The number of benzene rings is 2. The van der Waals surface area contributed by atoms with Crippen LogP contribution in [0.2, 0.25) is 0 Å². The standard InChI is InChI=1S/C34H31N3O2S/c1-2-3-4-7-12-26-21-29(22-27(23-35)34(38)39)40-32(26)24-17-19-25(20-18-24)33-36-30-15-10-6-11-16-31(30)37(33)28-13-8-5-9-14-28/h5,8-11,13-22H,2-4,6-7,12H2,1H3,(H,38,39)/b27-22+. The number of allylic oxidation sites excluding steroid dienone is 2. The molecule has 2 heterocycles. The van der Waals surface area contributed by atoms with Crippen LogP contribution in [0.4, 0.5) is 0 Å². The van der Waals surface area contributed by atoms with Crippen LogP contribution in [0, 0.1) is 11.3 Å². The summed E-state index contributed by atoms with van der Waals surface area (Å²) in [4.78, 5) is 18.4. The molecular formula is C34H31N3O2S. The number of thiophene rings is 1. The Kier molecular flexibility index (Phi) is 8.53. The molecule has 1 aliphatic rings. The van der Waals surface area contributed by atoms with Gasteiger partial charge >= 0.3 is 5.97 Å². The maximum atomic E-state index is 11.4. The van der Waals surface area contributed by atoms with Gasteiger partial charge in [-0.15, -0.1) is 11.3 Å². The highest BCUT2D eigenvalue weighted by Gasteiger charge is 2.19. The van der Waals surface area contributed by atoms with E-state index in [4.69, 9.17) is 4.98 Å². The Labute approximate surface area is 239 Å². The molecule has 0 radical (unpaired) electrons. The number of unbranched alkanes of at least 4 members (excludes halogenated alkanes) is 3. The maximum Gasteiger partial charge on any atom is 0.346 e. The van der Waals surface area contributed by atoms with Gasteiger partial charge in [0.2, 0.25) is 0 Å². The molecule has 1 aliphatic carbocycles. The van der Waals surface area contributed by atoms with Crippen LogP contribution < -0.4 is 0 Å². The van der Waals surface area contributed by atoms with Crippen LogP contribution in [0.15, 0.2) is 78.4 Å². The van der Waals surface area contributed by atoms with Crippen LogP contribution in [0.25, 0.3) is 45.7 Å². The first kappa shape index (κ1) is 27.1. The molecule has 0 aliphatic heterocycles. The summed E-state index contributed by atoms with van der Waals surface area (Å²) in [6, 6.07) is 22.6. The number of aromatic nitrogens is 2. The summed E-state index contributed by atoms with van der Waals surface area (Å²) in [5, 5.41) is 18.6. The zero-order chi connectivity index (χ0) is 27.9. The van der Waals surface area contributed by atoms with Crippen LogP contribution >= 0.6 is 11.3 Å². The summed E-state index contributed by atoms with van der Waals surface area (Å²) < 4.78 is 2.21. The summed E-state index contributed by atoms with van der Waals surface area (Å²) in [5.74, 6) is -0.322. The number of imidazole rings is 1. The SMILES string of the molecule is CCCCCCc1cc(/C=C(\C#N)C(=O)O)sc1-c1ccc(-c2nc3c(n2-c2ccccc2)C=CCC=C3)cc1. The second-order valence-electron chi connectivity index (χ2n) is 9.78. The van der Waals surface area contributed by atoms with Crippen molar-refractivity contribution < 1.29 is 9.90 Å². The molecule has 4 aromatic rings. The second-order valence-corrected chi connectivity index (χ2v) is 10.9. The fraction of sp³-hybridized carbons (Fsp3) is 0.206. The van der Waals surface area contributed by atoms with Crippen molar-refractivity contribution in [1.82, 2.24) is 9.55 Å². The average molecular weight is 546 g/mol. The molecule has 0 amide bonds. The second kappa shape index (κ2) is 12.6. The molecule has 40 heavy (non-hydrogen) atoms. The fourth-order valence-electron chi connectivity index (χ4n) is 4.95. The van der Waals surface area contributed by atoms with Crippen molar-refractivity contribution in [3.63, 3.8) is 0 Å². The summed E-state index contributed by atoms with van der Waals surface area (Å²) in [6.45, 7) is 2.20. The number of aryl methyl sites for hydroxylation is 1. The van der Waals surface area contributed by atoms with Gasteiger partial charge < -0.3 is 5.11 Å². The largest absolute Gasteiger partial charge is 0.477 e. The first-order chi connectivity index (χ1) is 19.6. The number of hydrogen-bond donors (Lipinski definition) is 1. The van der Waals surface area contributed by atoms with Gasteiger partial charge in [0.15, 0.2) is 0 Å². The number of aliphatic carboxylic acids is 1. The minimum Gasteiger partial charge on any atom is -0.477 e. The number of fused-ring (bicyclic) bond motifs is 1. The van der Waals surface area contributed by atoms with Gasteiger partial charge in [0.1, 0.15) is 17.5 Å². The van der Waals surface area contributed by atoms with E-state index in [9.17, 15) is 15.2 Å². The molecule has 0 saturated heterocycles. The van der Waals surface area contributed by atoms with Gasteiger partial charge in [0, 0.05) is 21.0 Å². The smallest absolute Gasteiger partial charge is 0.346 e. The maximum absolute atomic E-state index is 11.4. The Morgan fingerprint density at radius 3 is 2.52 bits per heavy atom. The van der Waals surface area contributed by atoms with E-state index in [1.54, 1.807) is 6.07 Å². The number of carbonyl (C=O) groups is 1. The van der Waals surface area contributed by atoms with Crippen molar-refractivity contribution in [1.29, 1.82) is 5.26 Å². The lowest BCUT2D eigenvalue weighted by Gasteiger charge is -2.11. The van der Waals surface area contributed by atoms with Crippen molar-refractivity contribution in [3.8, 4) is 33.6 Å². The molecule has 0 saturated carbocycles. The fourth-order valence-corrected chi connectivity index (χ4v) is 6.11. The van der Waals surface area contributed by atoms with Crippen molar-refractivity contribution in [2.24, 2.45) is 0 Å². The monoisotopic (exact) mass is 545 g/mol. The Morgan fingerprint density at radius 1 is 1.05 bits per heavy atom. The van der Waals surface area contributed by atoms with Gasteiger partial charge in [-0.1, -0.05) is 80.8 Å². The molecule has 2 aromatic heterocycles. The number of hydrogen-bond acceptors (Lipinski definition) is 4. The molecular weight excluding hydrogens is 514 g/mol. The van der Waals surface area contributed by atoms with Gasteiger partial charge in [0.25, 0.3) is 0 Å². The van der Waals surface area contributed by atoms with Crippen LogP contribution in [0.1, 0.15) is 60.9 Å². The van der Waals surface area contributed by atoms with Gasteiger partial charge in [-0.3, -0.25) is 4.57 Å². The quantitative estimate of drug-likeness (QED) is 0.123. The van der Waals surface area contributed by atoms with E-state index in [0.717, 1.165) is 69.5 Å². The van der Waals surface area contributed by atoms with Gasteiger partial charge in [0.05, 0.1) is 11.4 Å². The van der Waals surface area contributed by atoms with Crippen LogP contribution in [-0.2, 0) is 11.2 Å². The van der Waals surface area contributed by atoms with E-state index in [0.29, 0.717) is 0 Å². The Hall–Kier alpha value is -4.47. The predicted molar refractivity (Wildman–Crippen MR) is 164 cm³/mol. The number of nitrogens with zero attached hydrogens (tertiary/aromatic N) is 3. The minimum absolute atomic E-state index is 0.253. The van der Waals surface area contributed by atoms with Gasteiger partial charge in [-0.05, 0) is 66.8 Å². The minimum atomic E-state index is -1.21. The number of carboxylic acid groups (broad SMARTS) is 1. The summed E-state index contributed by atoms with van der Waals surface area (Å²) >= 11 is 1.53. The van der Waals surface area contributed by atoms with E-state index in [-0.39, 0.29) is 5.57 Å². The van der Waals surface area contributed by atoms with Crippen molar-refractivity contribution in [2.75, 3.05) is 0 Å². The molecule has 0 unspecified atom stereocenters. The zero-order valence-corrected chi connectivity index (χ0v) is 23.3. The van der Waals surface area contributed by atoms with E-state index < -0.39 is 5.97 Å². The Morgan fingerprint density at radius 2 is 1.80 bits per heavy atom. The van der Waals surface area contributed by atoms with E-state index >= 15 is 0 Å². The number of para-hydroxylation sites is 1. The lowest BCUT2D eigenvalue weighted by atomic mass is 10.0. The van der Waals surface area contributed by atoms with E-state index in [1.807, 2.05) is 24.3 Å². The third-order valence-electron chi connectivity index (χ3n) is 6.95. The predicted octanol–water partition coefficient (Wildman–Crippen LogP) is 8.81. The summed E-state index contributed by atoms with van der Waals surface area (Å²) in [7, 11) is 0. The molecule has 0 bridgehead atoms. The highest BCUT2D eigenvalue weighted by atomic mass is 32.1. The number of nitriles is 1. The zero-order valence-electron chi connectivity index (χ0n) is 22.5. The van der Waals surface area contributed by atoms with Gasteiger partial charge in [-0.25, -0.2) is 9.78 Å². The van der Waals surface area contributed by atoms with Crippen LogP contribution in [0.3, 0.4) is 0 Å². The summed E-state index contributed by atoms with van der Waals surface area (Å²) in [6.07, 6.45) is 16.4. The molecule has 0 atom stereocenters. The number of carboxylic acids is 1. The van der Waals surface area contributed by atoms with Crippen molar-refractivity contribution in [3.05, 3.63) is 100 Å². The molecule has 0 spiro atoms. The normalized spacial score (nSPS) is 12.7. The topological polar surface area (TPSA) is 78.9 Å². The Bertz CT molecular complexity index is 1630. The van der Waals surface area contributed by atoms with E-state index in [2.05, 4.69) is 72.2 Å².